The zero-order valence-electron chi connectivity index (χ0n) is 23.3. The van der Waals surface area contributed by atoms with Crippen LogP contribution in [0.4, 0.5) is 0 Å². The van der Waals surface area contributed by atoms with Gasteiger partial charge in [-0.1, -0.05) is 58.3 Å². The Morgan fingerprint density at radius 1 is 0.639 bits per heavy atom. The molecule has 0 saturated heterocycles. The van der Waals surface area contributed by atoms with Crippen LogP contribution in [-0.4, -0.2) is 9.52 Å². The van der Waals surface area contributed by atoms with E-state index in [9.17, 15) is 0 Å². The maximum Gasteiger partial charge on any atom is -1.00 e. The molecule has 1 unspecified atom stereocenters. The molecule has 0 aromatic heterocycles. The second-order valence-electron chi connectivity index (χ2n) is 10.5. The maximum absolute atomic E-state index is 2.41. The van der Waals surface area contributed by atoms with E-state index in [4.69, 9.17) is 0 Å². The summed E-state index contributed by atoms with van der Waals surface area (Å²) in [4.78, 5) is 0. The van der Waals surface area contributed by atoms with E-state index in [1.807, 2.05) is 5.20 Å². The summed E-state index contributed by atoms with van der Waals surface area (Å²) in [5.41, 5.74) is 3.27. The molecule has 204 valence electrons. The molecule has 1 aliphatic rings. The Balaban J connectivity index is 0. The van der Waals surface area contributed by atoms with Crippen molar-refractivity contribution in [2.45, 2.75) is 130 Å². The minimum Gasteiger partial charge on any atom is -1.00 e. The molecule has 1 aromatic rings. The standard InChI is InChI=1S/C31H51Si.3ClH.Ti/c1-4-5-6-7-8-9-10-11-12-13-14-15-16-17-18-22-25-30-28(3)27(2)26-31(30)32-29-23-20-19-21-24-29;;;;/h19-21,23-24,30H,4-18,22,25,32H2,1-3H3;3*1H;/q;;;;+3/p-3. The summed E-state index contributed by atoms with van der Waals surface area (Å²) in [6.45, 7) is 7.07. The van der Waals surface area contributed by atoms with Crippen molar-refractivity contribution in [2.75, 3.05) is 0 Å². The molecule has 0 spiro atoms. The summed E-state index contributed by atoms with van der Waals surface area (Å²) in [6, 6.07) is 11.3. The fourth-order valence-electron chi connectivity index (χ4n) is 5.45. The van der Waals surface area contributed by atoms with Crippen molar-refractivity contribution in [3.63, 3.8) is 0 Å². The van der Waals surface area contributed by atoms with Crippen LogP contribution < -0.4 is 42.4 Å². The third-order valence-corrected chi connectivity index (χ3v) is 11.6. The average molecular weight is 606 g/mol. The van der Waals surface area contributed by atoms with Gasteiger partial charge in [-0.3, -0.25) is 0 Å². The van der Waals surface area contributed by atoms with Crippen molar-refractivity contribution in [1.29, 1.82) is 0 Å². The van der Waals surface area contributed by atoms with Gasteiger partial charge in [-0.2, -0.15) is 0 Å². The summed E-state index contributed by atoms with van der Waals surface area (Å²) in [5.74, 6) is 0.753. The van der Waals surface area contributed by atoms with Crippen LogP contribution in [0.25, 0.3) is 0 Å². The quantitative estimate of drug-likeness (QED) is 0.152. The molecule has 0 saturated carbocycles. The smallest absolute Gasteiger partial charge is 1.00 e. The largest absolute Gasteiger partial charge is 1.00 e. The molecule has 0 nitrogen and oxygen atoms in total. The van der Waals surface area contributed by atoms with E-state index in [1.165, 1.54) is 109 Å². The second kappa shape index (κ2) is 24.5. The normalized spacial score (nSPS) is 15.3. The summed E-state index contributed by atoms with van der Waals surface area (Å²) >= 11 is 2.39. The predicted molar refractivity (Wildman–Crippen MR) is 148 cm³/mol. The first-order chi connectivity index (χ1) is 16.1. The average Bonchev–Trinajstić information content (AvgIpc) is 3.03. The summed E-state index contributed by atoms with van der Waals surface area (Å²) < 4.78 is 1.63. The number of benzene rings is 1. The van der Waals surface area contributed by atoms with E-state index < -0.39 is 0 Å². The number of hydrogen-bond donors (Lipinski definition) is 0. The topological polar surface area (TPSA) is 0 Å². The van der Waals surface area contributed by atoms with Crippen LogP contribution in [-0.2, 0) is 20.4 Å². The van der Waals surface area contributed by atoms with Crippen LogP contribution in [0.1, 0.15) is 130 Å². The molecule has 5 heteroatoms. The zero-order chi connectivity index (χ0) is 23.7. The number of unbranched alkanes of at least 4 members (excludes halogenated alkanes) is 15. The van der Waals surface area contributed by atoms with Crippen molar-refractivity contribution in [2.24, 2.45) is 5.92 Å². The van der Waals surface area contributed by atoms with E-state index in [1.54, 1.807) is 20.2 Å². The molecule has 0 heterocycles. The number of halogens is 3. The Hall–Kier alpha value is 0.501. The Labute approximate surface area is 257 Å². The minimum absolute atomic E-state index is 0. The van der Waals surface area contributed by atoms with Crippen LogP contribution in [0.15, 0.2) is 50.6 Å². The molecule has 0 bridgehead atoms. The van der Waals surface area contributed by atoms with Gasteiger partial charge in [0.05, 0.1) is 0 Å². The van der Waals surface area contributed by atoms with Crippen LogP contribution in [0.2, 0.25) is 0 Å². The monoisotopic (exact) mass is 604 g/mol. The van der Waals surface area contributed by atoms with E-state index in [2.05, 4.69) is 71.5 Å². The molecule has 36 heavy (non-hydrogen) atoms. The van der Waals surface area contributed by atoms with Gasteiger partial charge in [0.25, 0.3) is 0 Å². The SMILES string of the molecule is CCCCCCCCCCCCCCCCCCC1C(C)=C(C)[C]([Ti+3])=C1[SiH2]c1ccccc1.[Cl-].[Cl-].[Cl-]. The summed E-state index contributed by atoms with van der Waals surface area (Å²) in [7, 11) is -0.323. The van der Waals surface area contributed by atoms with Gasteiger partial charge >= 0.3 is 163 Å². The Morgan fingerprint density at radius 3 is 1.50 bits per heavy atom. The molecule has 1 aromatic carbocycles. The summed E-state index contributed by atoms with van der Waals surface area (Å²) in [5, 5.41) is 3.43. The number of rotatable bonds is 19. The van der Waals surface area contributed by atoms with E-state index >= 15 is 0 Å². The van der Waals surface area contributed by atoms with Crippen LogP contribution in [0, 0.1) is 5.92 Å². The van der Waals surface area contributed by atoms with Crippen molar-refractivity contribution in [1.82, 2.24) is 0 Å². The van der Waals surface area contributed by atoms with Crippen molar-refractivity contribution in [3.05, 3.63) is 50.6 Å². The van der Waals surface area contributed by atoms with Gasteiger partial charge in [0.1, 0.15) is 0 Å². The molecule has 1 aliphatic carbocycles. The van der Waals surface area contributed by atoms with Gasteiger partial charge in [-0.05, 0) is 0 Å². The van der Waals surface area contributed by atoms with Gasteiger partial charge in [-0.25, -0.2) is 0 Å². The zero-order valence-corrected chi connectivity index (χ0v) is 28.6. The molecule has 2 rings (SSSR count). The molecule has 0 N–H and O–H groups in total. The fraction of sp³-hybridized carbons (Fsp3) is 0.677. The molecular weight excluding hydrogens is 555 g/mol. The van der Waals surface area contributed by atoms with Gasteiger partial charge in [0.15, 0.2) is 0 Å². The molecule has 0 fully saturated rings. The molecule has 0 amide bonds. The Bertz CT molecular complexity index is 718. The van der Waals surface area contributed by atoms with Gasteiger partial charge < -0.3 is 37.2 Å². The Morgan fingerprint density at radius 2 is 1.06 bits per heavy atom. The Kier molecular flexibility index (Phi) is 26.3. The molecule has 1 atom stereocenters. The minimum atomic E-state index is -0.323. The molecule has 0 radical (unpaired) electrons. The first kappa shape index (κ1) is 38.6. The maximum atomic E-state index is 2.41. The first-order valence-corrected chi connectivity index (χ1v) is 16.5. The van der Waals surface area contributed by atoms with E-state index in [0.29, 0.717) is 0 Å². The van der Waals surface area contributed by atoms with E-state index in [-0.39, 0.29) is 46.7 Å². The summed E-state index contributed by atoms with van der Waals surface area (Å²) in [6.07, 6.45) is 24.6. The van der Waals surface area contributed by atoms with Crippen LogP contribution in [0.3, 0.4) is 0 Å². The van der Waals surface area contributed by atoms with Crippen molar-refractivity contribution in [3.8, 4) is 0 Å². The fourth-order valence-corrected chi connectivity index (χ4v) is 8.59. The first-order valence-electron chi connectivity index (χ1n) is 14.3. The van der Waals surface area contributed by atoms with Crippen LogP contribution in [0.5, 0.6) is 0 Å². The molecule has 0 aliphatic heterocycles. The third-order valence-electron chi connectivity index (χ3n) is 7.81. The van der Waals surface area contributed by atoms with Crippen molar-refractivity contribution < 1.29 is 57.7 Å². The van der Waals surface area contributed by atoms with Gasteiger partial charge in [0, 0.05) is 0 Å². The van der Waals surface area contributed by atoms with Crippen molar-refractivity contribution >= 4 is 14.7 Å². The van der Waals surface area contributed by atoms with Crippen LogP contribution >= 0.6 is 0 Å². The van der Waals surface area contributed by atoms with Gasteiger partial charge in [-0.15, -0.1) is 0 Å². The second-order valence-corrected chi connectivity index (χ2v) is 13.2. The third kappa shape index (κ3) is 15.2. The number of allylic oxidation sites excluding steroid dienone is 4. The predicted octanol–water partition coefficient (Wildman–Crippen LogP) is -0.131. The van der Waals surface area contributed by atoms with E-state index in [0.717, 1.165) is 5.92 Å². The molecular formula is C31H51Cl3SiTi. The van der Waals surface area contributed by atoms with Gasteiger partial charge in [0.2, 0.25) is 0 Å². The number of hydrogen-bond acceptors (Lipinski definition) is 0.